The van der Waals surface area contributed by atoms with Crippen molar-refractivity contribution < 1.29 is 13.2 Å². The first-order valence-electron chi connectivity index (χ1n) is 19.3. The lowest BCUT2D eigenvalue weighted by Crippen LogP contribution is -2.08. The zero-order valence-corrected chi connectivity index (χ0v) is 32.4. The van der Waals surface area contributed by atoms with E-state index in [1.54, 1.807) is 11.3 Å². The number of rotatable bonds is 6. The minimum absolute atomic E-state index is 0.703. The molecule has 0 nitrogen and oxygen atoms in total. The molecule has 10 rings (SSSR count). The van der Waals surface area contributed by atoms with Crippen LogP contribution in [-0.4, -0.2) is 6.18 Å². The Morgan fingerprint density at radius 2 is 0.966 bits per heavy atom. The van der Waals surface area contributed by atoms with Gasteiger partial charge in [0.1, 0.15) is 0 Å². The third-order valence-corrected chi connectivity index (χ3v) is 12.6. The van der Waals surface area contributed by atoms with Crippen molar-refractivity contribution in [2.24, 2.45) is 0 Å². The highest BCUT2D eigenvalue weighted by Crippen LogP contribution is 2.49. The molecular weight excluding hydrogens is 738 g/mol. The van der Waals surface area contributed by atoms with Crippen LogP contribution < -0.4 is 0 Å². The highest BCUT2D eigenvalue weighted by molar-refractivity contribution is 7.26. The zero-order chi connectivity index (χ0) is 39.5. The largest absolute Gasteiger partial charge is 0.415 e. The van der Waals surface area contributed by atoms with Crippen molar-refractivity contribution in [3.63, 3.8) is 0 Å². The molecule has 58 heavy (non-hydrogen) atoms. The number of hydrogen-bond donors (Lipinski definition) is 0. The van der Waals surface area contributed by atoms with Crippen LogP contribution in [-0.2, 0) is 0 Å². The van der Waals surface area contributed by atoms with E-state index in [0.29, 0.717) is 5.57 Å². The van der Waals surface area contributed by atoms with Crippen molar-refractivity contribution in [3.8, 4) is 33.4 Å². The molecule has 0 aliphatic rings. The second kappa shape index (κ2) is 14.0. The molecule has 0 aliphatic heterocycles. The highest BCUT2D eigenvalue weighted by atomic mass is 32.1. The van der Waals surface area contributed by atoms with Crippen molar-refractivity contribution in [2.45, 2.75) is 13.1 Å². The van der Waals surface area contributed by atoms with Crippen molar-refractivity contribution in [1.82, 2.24) is 0 Å². The van der Waals surface area contributed by atoms with Crippen LogP contribution in [0.2, 0.25) is 0 Å². The molecule has 0 saturated carbocycles. The second-order valence-corrected chi connectivity index (χ2v) is 15.7. The van der Waals surface area contributed by atoms with Gasteiger partial charge < -0.3 is 0 Å². The van der Waals surface area contributed by atoms with Gasteiger partial charge in [-0.1, -0.05) is 176 Å². The summed E-state index contributed by atoms with van der Waals surface area (Å²) < 4.78 is 42.9. The van der Waals surface area contributed by atoms with E-state index in [1.165, 1.54) is 70.0 Å². The van der Waals surface area contributed by atoms with Crippen LogP contribution in [0.3, 0.4) is 0 Å². The van der Waals surface area contributed by atoms with Gasteiger partial charge in [-0.15, -0.1) is 11.3 Å². The van der Waals surface area contributed by atoms with Gasteiger partial charge in [0.05, 0.1) is 0 Å². The first-order chi connectivity index (χ1) is 28.3. The second-order valence-electron chi connectivity index (χ2n) is 14.6. The van der Waals surface area contributed by atoms with Crippen LogP contribution in [0, 0.1) is 0 Å². The van der Waals surface area contributed by atoms with E-state index < -0.39 is 11.7 Å². The van der Waals surface area contributed by atoms with E-state index >= 15 is 0 Å². The Labute approximate surface area is 338 Å². The van der Waals surface area contributed by atoms with Gasteiger partial charge in [-0.25, -0.2) is 0 Å². The summed E-state index contributed by atoms with van der Waals surface area (Å²) in [4.78, 5) is 0. The summed E-state index contributed by atoms with van der Waals surface area (Å²) in [5, 5.41) is 11.3. The predicted octanol–water partition coefficient (Wildman–Crippen LogP) is 16.7. The summed E-state index contributed by atoms with van der Waals surface area (Å²) in [6.45, 7) is 5.14. The Morgan fingerprint density at radius 3 is 1.50 bits per heavy atom. The maximum Gasteiger partial charge on any atom is 0.415 e. The average Bonchev–Trinajstić information content (AvgIpc) is 3.63. The van der Waals surface area contributed by atoms with Gasteiger partial charge in [0.2, 0.25) is 0 Å². The number of benzene rings is 9. The van der Waals surface area contributed by atoms with Crippen molar-refractivity contribution in [2.75, 3.05) is 0 Å². The molecular formula is C54H35F3S. The third-order valence-electron chi connectivity index (χ3n) is 11.4. The zero-order valence-electron chi connectivity index (χ0n) is 31.6. The highest BCUT2D eigenvalue weighted by Gasteiger charge is 2.30. The molecule has 4 heteroatoms. The van der Waals surface area contributed by atoms with Crippen LogP contribution in [0.1, 0.15) is 12.5 Å². The summed E-state index contributed by atoms with van der Waals surface area (Å²) in [5.41, 5.74) is 7.80. The lowest BCUT2D eigenvalue weighted by Gasteiger charge is -2.18. The molecule has 0 aliphatic carbocycles. The standard InChI is InChI=1S/C54H35F3S/c1-3-34(29-28-33(2)54(55,56)57)49-41-22-11-13-24-43(41)52(44-25-14-12-23-42(44)49)46-27-15-26-45-47-32-36(30-31-48(47)58-53(45)46)51-39-20-9-7-18-37(39)50(35-16-5-4-6-17-35)38-19-8-10-21-40(38)51/h3-32H,2H2,1H3/b29-28-,34-3+. The average molecular weight is 773 g/mol. The van der Waals surface area contributed by atoms with Crippen LogP contribution in [0.15, 0.2) is 194 Å². The summed E-state index contributed by atoms with van der Waals surface area (Å²) in [5.74, 6) is 0. The van der Waals surface area contributed by atoms with Gasteiger partial charge in [0, 0.05) is 31.3 Å². The molecule has 0 N–H and O–H groups in total. The molecule has 0 saturated heterocycles. The number of thiophene rings is 1. The summed E-state index contributed by atoms with van der Waals surface area (Å²) >= 11 is 1.80. The van der Waals surface area contributed by atoms with Gasteiger partial charge in [0.15, 0.2) is 0 Å². The summed E-state index contributed by atoms with van der Waals surface area (Å²) in [7, 11) is 0. The Bertz CT molecular complexity index is 3230. The molecule has 0 spiro atoms. The lowest BCUT2D eigenvalue weighted by atomic mass is 9.85. The summed E-state index contributed by atoms with van der Waals surface area (Å²) in [6.07, 6.45) is -0.0144. The molecule has 0 unspecified atom stereocenters. The van der Waals surface area contributed by atoms with Crippen LogP contribution in [0.25, 0.3) is 102 Å². The number of halogens is 3. The van der Waals surface area contributed by atoms with Gasteiger partial charge in [0.25, 0.3) is 0 Å². The van der Waals surface area contributed by atoms with E-state index in [2.05, 4.69) is 146 Å². The van der Waals surface area contributed by atoms with Crippen LogP contribution in [0.4, 0.5) is 13.2 Å². The van der Waals surface area contributed by atoms with Crippen molar-refractivity contribution >= 4 is 80.2 Å². The first kappa shape index (κ1) is 35.6. The van der Waals surface area contributed by atoms with Crippen molar-refractivity contribution in [1.29, 1.82) is 0 Å². The van der Waals surface area contributed by atoms with Gasteiger partial charge in [-0.3, -0.25) is 0 Å². The van der Waals surface area contributed by atoms with Crippen LogP contribution in [0.5, 0.6) is 0 Å². The molecule has 0 radical (unpaired) electrons. The van der Waals surface area contributed by atoms with Crippen LogP contribution >= 0.6 is 11.3 Å². The molecule has 1 aromatic heterocycles. The maximum atomic E-state index is 13.5. The Balaban J connectivity index is 1.20. The normalized spacial score (nSPS) is 12.6. The van der Waals surface area contributed by atoms with Crippen molar-refractivity contribution in [3.05, 3.63) is 200 Å². The molecule has 0 bridgehead atoms. The molecule has 1 heterocycles. The van der Waals surface area contributed by atoms with E-state index in [1.807, 2.05) is 37.3 Å². The number of alkyl halides is 3. The topological polar surface area (TPSA) is 0 Å². The van der Waals surface area contributed by atoms with Gasteiger partial charge >= 0.3 is 6.18 Å². The minimum Gasteiger partial charge on any atom is -0.166 e. The van der Waals surface area contributed by atoms with E-state index in [-0.39, 0.29) is 0 Å². The first-order valence-corrected chi connectivity index (χ1v) is 20.1. The molecule has 0 fully saturated rings. The minimum atomic E-state index is -4.50. The molecule has 9 aromatic carbocycles. The molecule has 10 aromatic rings. The third kappa shape index (κ3) is 5.75. The number of fused-ring (bicyclic) bond motifs is 7. The molecule has 0 amide bonds. The van der Waals surface area contributed by atoms with Gasteiger partial charge in [-0.2, -0.15) is 13.2 Å². The number of allylic oxidation sites excluding steroid dienone is 5. The summed E-state index contributed by atoms with van der Waals surface area (Å²) in [6, 6.07) is 58.2. The van der Waals surface area contributed by atoms with E-state index in [4.69, 9.17) is 0 Å². The van der Waals surface area contributed by atoms with E-state index in [0.717, 1.165) is 44.3 Å². The Kier molecular flexibility index (Phi) is 8.62. The Morgan fingerprint density at radius 1 is 0.483 bits per heavy atom. The number of hydrogen-bond acceptors (Lipinski definition) is 1. The molecule has 0 atom stereocenters. The lowest BCUT2D eigenvalue weighted by molar-refractivity contribution is -0.0878. The molecule has 278 valence electrons. The fraction of sp³-hybridized carbons (Fsp3) is 0.0370. The quantitative estimate of drug-likeness (QED) is 0.117. The fourth-order valence-corrected chi connectivity index (χ4v) is 10.0. The predicted molar refractivity (Wildman–Crippen MR) is 244 cm³/mol. The SMILES string of the molecule is C=C(/C=C\C(=C/C)c1c2ccccc2c(-c2cccc3c2sc2ccc(-c4c5ccccc5c(-c5ccccc5)c5ccccc45)cc23)c2ccccc12)C(F)(F)F. The maximum absolute atomic E-state index is 13.5. The van der Waals surface area contributed by atoms with E-state index in [9.17, 15) is 13.2 Å². The fourth-order valence-electron chi connectivity index (χ4n) is 8.84. The monoisotopic (exact) mass is 772 g/mol. The smallest absolute Gasteiger partial charge is 0.166 e. The van der Waals surface area contributed by atoms with Gasteiger partial charge in [-0.05, 0) is 101 Å². The Hall–Kier alpha value is -6.75.